The van der Waals surface area contributed by atoms with E-state index in [2.05, 4.69) is 5.32 Å². The molecule has 3 rings (SSSR count). The highest BCUT2D eigenvalue weighted by Gasteiger charge is 2.26. The van der Waals surface area contributed by atoms with Crippen LogP contribution in [0.5, 0.6) is 11.5 Å². The van der Waals surface area contributed by atoms with Crippen molar-refractivity contribution in [2.45, 2.75) is 13.0 Å². The summed E-state index contributed by atoms with van der Waals surface area (Å²) in [5.74, 6) is 1.01. The van der Waals surface area contributed by atoms with Crippen LogP contribution in [0, 0.1) is 11.3 Å². The molecule has 0 saturated carbocycles. The van der Waals surface area contributed by atoms with Gasteiger partial charge in [0.15, 0.2) is 11.5 Å². The zero-order valence-electron chi connectivity index (χ0n) is 15.3. The molecular formula is C21H22N2O4. The zero-order valence-corrected chi connectivity index (χ0v) is 15.3. The number of rotatable bonds is 6. The second kappa shape index (κ2) is 8.40. The molecule has 0 saturated heterocycles. The first-order valence-electron chi connectivity index (χ1n) is 8.64. The highest BCUT2D eigenvalue weighted by Crippen LogP contribution is 2.36. The molecule has 2 aromatic carbocycles. The Morgan fingerprint density at radius 1 is 1.19 bits per heavy atom. The summed E-state index contributed by atoms with van der Waals surface area (Å²) < 4.78 is 15.5. The van der Waals surface area contributed by atoms with Crippen molar-refractivity contribution in [1.29, 1.82) is 5.41 Å². The maximum Gasteiger partial charge on any atom is 0.407 e. The monoisotopic (exact) mass is 366 g/mol. The minimum atomic E-state index is -0.552. The van der Waals surface area contributed by atoms with Gasteiger partial charge in [0.2, 0.25) is 6.79 Å². The Balaban J connectivity index is 1.82. The summed E-state index contributed by atoms with van der Waals surface area (Å²) in [5.41, 5.74) is 2.21. The fraction of sp³-hybridized carbons (Fsp3) is 0.238. The minimum Gasteiger partial charge on any atom is -0.454 e. The van der Waals surface area contributed by atoms with Gasteiger partial charge in [-0.15, -0.1) is 0 Å². The van der Waals surface area contributed by atoms with E-state index in [1.54, 1.807) is 12.1 Å². The maximum atomic E-state index is 11.9. The predicted molar refractivity (Wildman–Crippen MR) is 103 cm³/mol. The third-order valence-corrected chi connectivity index (χ3v) is 4.46. The van der Waals surface area contributed by atoms with E-state index in [1.165, 1.54) is 7.11 Å². The van der Waals surface area contributed by atoms with Gasteiger partial charge in [0.25, 0.3) is 0 Å². The Morgan fingerprint density at radius 3 is 2.67 bits per heavy atom. The lowest BCUT2D eigenvalue weighted by molar-refractivity contribution is 0.164. The number of hydrogen-bond acceptors (Lipinski definition) is 5. The van der Waals surface area contributed by atoms with E-state index in [1.807, 2.05) is 55.5 Å². The fourth-order valence-corrected chi connectivity index (χ4v) is 2.87. The molecule has 2 unspecified atom stereocenters. The number of fused-ring (bicyclic) bond motifs is 1. The van der Waals surface area contributed by atoms with Gasteiger partial charge in [-0.05, 0) is 29.3 Å². The number of amides is 1. The molecule has 0 aromatic heterocycles. The van der Waals surface area contributed by atoms with Crippen molar-refractivity contribution in [3.63, 3.8) is 0 Å². The molecular weight excluding hydrogens is 344 g/mol. The van der Waals surface area contributed by atoms with Crippen LogP contribution in [-0.2, 0) is 4.74 Å². The highest BCUT2D eigenvalue weighted by molar-refractivity contribution is 5.98. The van der Waals surface area contributed by atoms with Gasteiger partial charge in [-0.25, -0.2) is 4.79 Å². The van der Waals surface area contributed by atoms with Gasteiger partial charge in [0.1, 0.15) is 0 Å². The lowest BCUT2D eigenvalue weighted by Crippen LogP contribution is -2.35. The molecule has 0 radical (unpaired) electrons. The van der Waals surface area contributed by atoms with Crippen LogP contribution in [0.3, 0.4) is 0 Å². The van der Waals surface area contributed by atoms with Crippen LogP contribution >= 0.6 is 0 Å². The Bertz CT molecular complexity index is 849. The molecule has 2 N–H and O–H groups in total. The number of hydrogen-bond donors (Lipinski definition) is 2. The number of methoxy groups -OCH3 is 1. The summed E-state index contributed by atoms with van der Waals surface area (Å²) in [6.07, 6.45) is 3.08. The lowest BCUT2D eigenvalue weighted by Gasteiger charge is -2.25. The first kappa shape index (κ1) is 18.5. The average molecular weight is 366 g/mol. The van der Waals surface area contributed by atoms with E-state index in [9.17, 15) is 4.79 Å². The van der Waals surface area contributed by atoms with Gasteiger partial charge in [0, 0.05) is 11.6 Å². The standard InChI is InChI=1S/C21H22N2O4/c1-14(17(22)10-8-15-6-4-3-5-7-15)20(23-21(24)25-2)16-9-11-18-19(12-16)27-13-26-18/h3-12,14,20,22H,13H2,1-2H3,(H,23,24)/b10-8+,22-17?. The quantitative estimate of drug-likeness (QED) is 0.752. The molecule has 2 atom stereocenters. The van der Waals surface area contributed by atoms with E-state index in [4.69, 9.17) is 19.6 Å². The largest absolute Gasteiger partial charge is 0.454 e. The molecule has 2 aromatic rings. The van der Waals surface area contributed by atoms with Crippen molar-refractivity contribution in [2.24, 2.45) is 5.92 Å². The van der Waals surface area contributed by atoms with Crippen LogP contribution < -0.4 is 14.8 Å². The molecule has 1 aliphatic heterocycles. The van der Waals surface area contributed by atoms with Crippen molar-refractivity contribution in [2.75, 3.05) is 13.9 Å². The number of nitrogens with one attached hydrogen (secondary N) is 2. The van der Waals surface area contributed by atoms with Gasteiger partial charge < -0.3 is 24.9 Å². The Kier molecular flexibility index (Phi) is 5.76. The van der Waals surface area contributed by atoms with Crippen LogP contribution in [0.4, 0.5) is 4.79 Å². The Morgan fingerprint density at radius 2 is 1.93 bits per heavy atom. The van der Waals surface area contributed by atoms with Crippen LogP contribution in [0.1, 0.15) is 24.1 Å². The van der Waals surface area contributed by atoms with E-state index in [-0.39, 0.29) is 12.7 Å². The summed E-state index contributed by atoms with van der Waals surface area (Å²) in [6, 6.07) is 14.8. The van der Waals surface area contributed by atoms with Crippen molar-refractivity contribution < 1.29 is 19.0 Å². The van der Waals surface area contributed by atoms with Crippen molar-refractivity contribution in [3.8, 4) is 11.5 Å². The predicted octanol–water partition coefficient (Wildman–Crippen LogP) is 4.18. The van der Waals surface area contributed by atoms with Crippen LogP contribution in [0.2, 0.25) is 0 Å². The van der Waals surface area contributed by atoms with Crippen molar-refractivity contribution in [1.82, 2.24) is 5.32 Å². The number of alkyl carbamates (subject to hydrolysis) is 1. The molecule has 1 amide bonds. The Labute approximate surface area is 158 Å². The summed E-state index contributed by atoms with van der Waals surface area (Å²) in [4.78, 5) is 11.9. The molecule has 0 aliphatic carbocycles. The van der Waals surface area contributed by atoms with Gasteiger partial charge in [-0.1, -0.05) is 49.4 Å². The first-order valence-corrected chi connectivity index (χ1v) is 8.64. The van der Waals surface area contributed by atoms with Gasteiger partial charge in [0.05, 0.1) is 13.2 Å². The molecule has 6 heteroatoms. The van der Waals surface area contributed by atoms with E-state index in [0.717, 1.165) is 11.1 Å². The number of benzene rings is 2. The molecule has 1 aliphatic rings. The normalized spacial score (nSPS) is 14.6. The van der Waals surface area contributed by atoms with Crippen molar-refractivity contribution >= 4 is 17.9 Å². The Hall–Kier alpha value is -3.28. The zero-order chi connectivity index (χ0) is 19.2. The van der Waals surface area contributed by atoms with Crippen LogP contribution in [0.15, 0.2) is 54.6 Å². The van der Waals surface area contributed by atoms with Gasteiger partial charge in [-0.2, -0.15) is 0 Å². The summed E-state index contributed by atoms with van der Waals surface area (Å²) >= 11 is 0. The molecule has 140 valence electrons. The molecule has 0 fully saturated rings. The second-order valence-electron chi connectivity index (χ2n) is 6.21. The van der Waals surface area contributed by atoms with Crippen LogP contribution in [-0.4, -0.2) is 25.7 Å². The second-order valence-corrected chi connectivity index (χ2v) is 6.21. The minimum absolute atomic E-state index is 0.180. The third-order valence-electron chi connectivity index (χ3n) is 4.46. The first-order chi connectivity index (χ1) is 13.1. The van der Waals surface area contributed by atoms with Crippen molar-refractivity contribution in [3.05, 3.63) is 65.7 Å². The number of carbonyl (C=O) groups excluding carboxylic acids is 1. The topological polar surface area (TPSA) is 80.6 Å². The number of ether oxygens (including phenoxy) is 3. The van der Waals surface area contributed by atoms with Gasteiger partial charge in [-0.3, -0.25) is 0 Å². The van der Waals surface area contributed by atoms with E-state index < -0.39 is 12.1 Å². The molecule has 0 spiro atoms. The smallest absolute Gasteiger partial charge is 0.407 e. The molecule has 1 heterocycles. The third kappa shape index (κ3) is 4.47. The molecule has 6 nitrogen and oxygen atoms in total. The lowest BCUT2D eigenvalue weighted by atomic mass is 9.90. The van der Waals surface area contributed by atoms with Crippen LogP contribution in [0.25, 0.3) is 6.08 Å². The SMILES string of the molecule is COC(=O)NC(c1ccc2c(c1)OCO2)C(C)C(=N)/C=C/c1ccccc1. The number of allylic oxidation sites excluding steroid dienone is 1. The summed E-state index contributed by atoms with van der Waals surface area (Å²) in [7, 11) is 1.32. The molecule has 0 bridgehead atoms. The summed E-state index contributed by atoms with van der Waals surface area (Å²) in [6.45, 7) is 2.07. The highest BCUT2D eigenvalue weighted by atomic mass is 16.7. The summed E-state index contributed by atoms with van der Waals surface area (Å²) in [5, 5.41) is 11.3. The van der Waals surface area contributed by atoms with Gasteiger partial charge >= 0.3 is 6.09 Å². The van der Waals surface area contributed by atoms with E-state index >= 15 is 0 Å². The maximum absolute atomic E-state index is 11.9. The average Bonchev–Trinajstić information content (AvgIpc) is 3.18. The molecule has 27 heavy (non-hydrogen) atoms. The number of carbonyl (C=O) groups is 1. The fourth-order valence-electron chi connectivity index (χ4n) is 2.87. The van der Waals surface area contributed by atoms with E-state index in [0.29, 0.717) is 17.2 Å².